The first-order valence-corrected chi connectivity index (χ1v) is 9.57. The molecule has 0 unspecified atom stereocenters. The zero-order valence-corrected chi connectivity index (χ0v) is 14.3. The van der Waals surface area contributed by atoms with Crippen LogP contribution in [-0.2, 0) is 10.0 Å². The number of benzene rings is 3. The Morgan fingerprint density at radius 1 is 0.640 bits per heavy atom. The second-order valence-electron chi connectivity index (χ2n) is 5.96. The molecule has 0 bridgehead atoms. The second kappa shape index (κ2) is 6.31. The van der Waals surface area contributed by atoms with Crippen molar-refractivity contribution >= 4 is 22.2 Å². The Kier molecular flexibility index (Phi) is 3.99. The van der Waals surface area contributed by atoms with Crippen LogP contribution in [0.1, 0.15) is 28.3 Å². The zero-order chi connectivity index (χ0) is 17.3. The number of hydrogen-bond donors (Lipinski definition) is 1. The van der Waals surface area contributed by atoms with Crippen molar-refractivity contribution in [1.82, 2.24) is 4.72 Å². The normalized spacial score (nSPS) is 13.8. The maximum Gasteiger partial charge on any atom is 0.241 e. The fraction of sp³-hybridized carbons (Fsp3) is 0.0476. The van der Waals surface area contributed by atoms with Crippen LogP contribution in [0, 0.1) is 0 Å². The van der Waals surface area contributed by atoms with Crippen molar-refractivity contribution in [1.29, 1.82) is 0 Å². The van der Waals surface area contributed by atoms with Gasteiger partial charge < -0.3 is 0 Å². The van der Waals surface area contributed by atoms with Crippen molar-refractivity contribution in [2.24, 2.45) is 0 Å². The summed E-state index contributed by atoms with van der Waals surface area (Å²) < 4.78 is 28.7. The molecule has 3 nitrogen and oxygen atoms in total. The highest BCUT2D eigenvalue weighted by Gasteiger charge is 2.26. The highest BCUT2D eigenvalue weighted by Crippen LogP contribution is 2.33. The fourth-order valence-electron chi connectivity index (χ4n) is 3.15. The Hall–Kier alpha value is -2.69. The SMILES string of the molecule is O=S(=O)(NC1c2ccccc2C=Cc2ccccc21)c1ccccc1. The molecular weight excluding hydrogens is 330 g/mol. The minimum Gasteiger partial charge on any atom is -0.207 e. The lowest BCUT2D eigenvalue weighted by Gasteiger charge is -2.21. The summed E-state index contributed by atoms with van der Waals surface area (Å²) in [6.45, 7) is 0. The van der Waals surface area contributed by atoms with E-state index in [1.807, 2.05) is 60.7 Å². The number of rotatable bonds is 3. The molecule has 4 heteroatoms. The summed E-state index contributed by atoms with van der Waals surface area (Å²) in [5.41, 5.74) is 3.92. The minimum atomic E-state index is -3.64. The Bertz CT molecular complexity index is 991. The third-order valence-corrected chi connectivity index (χ3v) is 5.82. The lowest BCUT2D eigenvalue weighted by molar-refractivity contribution is 0.572. The third-order valence-electron chi connectivity index (χ3n) is 4.38. The molecule has 0 aromatic heterocycles. The molecule has 0 spiro atoms. The van der Waals surface area contributed by atoms with E-state index in [4.69, 9.17) is 0 Å². The van der Waals surface area contributed by atoms with E-state index in [0.29, 0.717) is 0 Å². The van der Waals surface area contributed by atoms with Gasteiger partial charge in [0.2, 0.25) is 10.0 Å². The smallest absolute Gasteiger partial charge is 0.207 e. The summed E-state index contributed by atoms with van der Waals surface area (Å²) in [6.07, 6.45) is 4.07. The molecule has 0 saturated heterocycles. The molecule has 0 atom stereocenters. The summed E-state index contributed by atoms with van der Waals surface area (Å²) in [5, 5.41) is 0. The van der Waals surface area contributed by atoms with Gasteiger partial charge in [-0.25, -0.2) is 8.42 Å². The summed E-state index contributed by atoms with van der Waals surface area (Å²) in [5.74, 6) is 0. The van der Waals surface area contributed by atoms with Gasteiger partial charge >= 0.3 is 0 Å². The number of sulfonamides is 1. The van der Waals surface area contributed by atoms with Crippen LogP contribution < -0.4 is 4.72 Å². The van der Waals surface area contributed by atoms with E-state index >= 15 is 0 Å². The Balaban J connectivity index is 1.85. The molecule has 4 rings (SSSR count). The Morgan fingerprint density at radius 2 is 1.12 bits per heavy atom. The van der Waals surface area contributed by atoms with Crippen molar-refractivity contribution < 1.29 is 8.42 Å². The number of hydrogen-bond acceptors (Lipinski definition) is 2. The molecule has 0 amide bonds. The van der Waals surface area contributed by atoms with Crippen molar-refractivity contribution in [2.75, 3.05) is 0 Å². The van der Waals surface area contributed by atoms with Gasteiger partial charge in [0, 0.05) is 0 Å². The van der Waals surface area contributed by atoms with E-state index < -0.39 is 16.1 Å². The second-order valence-corrected chi connectivity index (χ2v) is 7.67. The predicted molar refractivity (Wildman–Crippen MR) is 100 cm³/mol. The monoisotopic (exact) mass is 347 g/mol. The van der Waals surface area contributed by atoms with Gasteiger partial charge in [0.1, 0.15) is 0 Å². The molecule has 25 heavy (non-hydrogen) atoms. The summed E-state index contributed by atoms with van der Waals surface area (Å²) in [7, 11) is -3.64. The van der Waals surface area contributed by atoms with Gasteiger partial charge in [-0.2, -0.15) is 4.72 Å². The van der Waals surface area contributed by atoms with Gasteiger partial charge in [0.05, 0.1) is 10.9 Å². The van der Waals surface area contributed by atoms with Gasteiger partial charge in [-0.05, 0) is 34.4 Å². The Morgan fingerprint density at radius 3 is 1.68 bits per heavy atom. The van der Waals surface area contributed by atoms with Gasteiger partial charge in [-0.3, -0.25) is 0 Å². The van der Waals surface area contributed by atoms with Crippen molar-refractivity contribution in [3.8, 4) is 0 Å². The lowest BCUT2D eigenvalue weighted by atomic mass is 9.95. The molecule has 0 saturated carbocycles. The summed E-state index contributed by atoms with van der Waals surface area (Å²) in [6, 6.07) is 23.8. The molecule has 0 radical (unpaired) electrons. The van der Waals surface area contributed by atoms with Crippen LogP contribution in [-0.4, -0.2) is 8.42 Å². The average Bonchev–Trinajstić information content (AvgIpc) is 2.80. The molecule has 1 N–H and O–H groups in total. The van der Waals surface area contributed by atoms with Crippen molar-refractivity contribution in [3.05, 3.63) is 101 Å². The number of nitrogens with one attached hydrogen (secondary N) is 1. The Labute approximate surface area is 147 Å². The average molecular weight is 347 g/mol. The van der Waals surface area contributed by atoms with E-state index in [0.717, 1.165) is 22.3 Å². The molecule has 1 aliphatic rings. The van der Waals surface area contributed by atoms with Gasteiger partial charge in [-0.1, -0.05) is 78.9 Å². The highest BCUT2D eigenvalue weighted by molar-refractivity contribution is 7.89. The molecule has 124 valence electrons. The van der Waals surface area contributed by atoms with Gasteiger partial charge in [-0.15, -0.1) is 0 Å². The van der Waals surface area contributed by atoms with E-state index in [2.05, 4.69) is 4.72 Å². The number of fused-ring (bicyclic) bond motifs is 2. The van der Waals surface area contributed by atoms with Crippen LogP contribution in [0.2, 0.25) is 0 Å². The first-order chi connectivity index (χ1) is 12.1. The first-order valence-electron chi connectivity index (χ1n) is 8.08. The van der Waals surface area contributed by atoms with Crippen LogP contribution in [0.15, 0.2) is 83.8 Å². The van der Waals surface area contributed by atoms with E-state index in [9.17, 15) is 8.42 Å². The van der Waals surface area contributed by atoms with Crippen molar-refractivity contribution in [2.45, 2.75) is 10.9 Å². The standard InChI is InChI=1S/C21H17NO2S/c23-25(24,18-10-2-1-3-11-18)22-21-19-12-6-4-8-16(19)14-15-17-9-5-7-13-20(17)21/h1-15,21-22H. The highest BCUT2D eigenvalue weighted by atomic mass is 32.2. The van der Waals surface area contributed by atoms with Crippen LogP contribution >= 0.6 is 0 Å². The van der Waals surface area contributed by atoms with E-state index in [-0.39, 0.29) is 4.90 Å². The summed E-state index contributed by atoms with van der Waals surface area (Å²) in [4.78, 5) is 0.266. The fourth-order valence-corrected chi connectivity index (χ4v) is 4.36. The van der Waals surface area contributed by atoms with Crippen LogP contribution in [0.3, 0.4) is 0 Å². The lowest BCUT2D eigenvalue weighted by Crippen LogP contribution is -2.30. The third kappa shape index (κ3) is 3.02. The van der Waals surface area contributed by atoms with Gasteiger partial charge in [0.15, 0.2) is 0 Å². The van der Waals surface area contributed by atoms with Gasteiger partial charge in [0.25, 0.3) is 0 Å². The van der Waals surface area contributed by atoms with Crippen molar-refractivity contribution in [3.63, 3.8) is 0 Å². The van der Waals surface area contributed by atoms with Crippen LogP contribution in [0.5, 0.6) is 0 Å². The molecule has 1 aliphatic carbocycles. The molecule has 0 aliphatic heterocycles. The molecular formula is C21H17NO2S. The van der Waals surface area contributed by atoms with E-state index in [1.165, 1.54) is 0 Å². The van der Waals surface area contributed by atoms with E-state index in [1.54, 1.807) is 30.3 Å². The molecule has 3 aromatic carbocycles. The maximum atomic E-state index is 12.9. The maximum absolute atomic E-state index is 12.9. The topological polar surface area (TPSA) is 46.2 Å². The molecule has 0 heterocycles. The van der Waals surface area contributed by atoms with Crippen LogP contribution in [0.25, 0.3) is 12.2 Å². The van der Waals surface area contributed by atoms with Crippen LogP contribution in [0.4, 0.5) is 0 Å². The minimum absolute atomic E-state index is 0.266. The molecule has 3 aromatic rings. The largest absolute Gasteiger partial charge is 0.241 e. The summed E-state index contributed by atoms with van der Waals surface area (Å²) >= 11 is 0. The molecule has 0 fully saturated rings. The quantitative estimate of drug-likeness (QED) is 0.770. The first kappa shape index (κ1) is 15.8. The zero-order valence-electron chi connectivity index (χ0n) is 13.5. The predicted octanol–water partition coefficient (Wildman–Crippen LogP) is 4.24.